The highest BCUT2D eigenvalue weighted by Gasteiger charge is 2.21. The van der Waals surface area contributed by atoms with Crippen molar-refractivity contribution in [2.24, 2.45) is 0 Å². The fourth-order valence-electron chi connectivity index (χ4n) is 2.03. The molecule has 0 aliphatic heterocycles. The molecule has 1 aromatic carbocycles. The molecule has 1 atom stereocenters. The highest BCUT2D eigenvalue weighted by atomic mass is 16.4. The maximum absolute atomic E-state index is 12.2. The number of aryl methyl sites for hydroxylation is 1. The molecule has 22 heavy (non-hydrogen) atoms. The van der Waals surface area contributed by atoms with Crippen molar-refractivity contribution < 1.29 is 14.7 Å². The van der Waals surface area contributed by atoms with Crippen LogP contribution in [0, 0.1) is 6.92 Å². The lowest BCUT2D eigenvalue weighted by Gasteiger charge is -2.14. The number of nitrogens with one attached hydrogen (secondary N) is 1. The Labute approximate surface area is 129 Å². The number of carbonyl (C=O) groups is 2. The number of aliphatic carboxylic acids is 1. The highest BCUT2D eigenvalue weighted by Crippen LogP contribution is 2.09. The van der Waals surface area contributed by atoms with Gasteiger partial charge in [0.1, 0.15) is 6.04 Å². The largest absolute Gasteiger partial charge is 0.480 e. The van der Waals surface area contributed by atoms with E-state index in [0.717, 1.165) is 11.1 Å². The summed E-state index contributed by atoms with van der Waals surface area (Å²) in [5, 5.41) is 12.1. The number of rotatable bonds is 7. The molecule has 0 fully saturated rings. The van der Waals surface area contributed by atoms with E-state index < -0.39 is 12.0 Å². The van der Waals surface area contributed by atoms with Crippen molar-refractivity contribution in [3.05, 3.63) is 65.5 Å². The van der Waals surface area contributed by atoms with Gasteiger partial charge in [-0.25, -0.2) is 0 Å². The second kappa shape index (κ2) is 7.47. The van der Waals surface area contributed by atoms with Gasteiger partial charge in [-0.05, 0) is 18.6 Å². The average Bonchev–Trinajstić information content (AvgIpc) is 2.52. The molecule has 5 nitrogen and oxygen atoms in total. The van der Waals surface area contributed by atoms with E-state index in [-0.39, 0.29) is 12.2 Å². The van der Waals surface area contributed by atoms with Crippen LogP contribution in [0.3, 0.4) is 0 Å². The molecule has 0 aliphatic rings. The van der Waals surface area contributed by atoms with Crippen LogP contribution in [-0.2, 0) is 11.3 Å². The van der Waals surface area contributed by atoms with Crippen molar-refractivity contribution >= 4 is 11.8 Å². The number of ketones is 1. The molecule has 2 N–H and O–H groups in total. The average molecular weight is 298 g/mol. The summed E-state index contributed by atoms with van der Waals surface area (Å²) in [4.78, 5) is 27.4. The summed E-state index contributed by atoms with van der Waals surface area (Å²) >= 11 is 0. The molecule has 2 rings (SSSR count). The molecule has 0 radical (unpaired) electrons. The van der Waals surface area contributed by atoms with Gasteiger partial charge < -0.3 is 5.11 Å². The lowest BCUT2D eigenvalue weighted by atomic mass is 10.0. The Bertz CT molecular complexity index is 639. The van der Waals surface area contributed by atoms with Crippen LogP contribution in [0.4, 0.5) is 0 Å². The molecule has 1 heterocycles. The molecule has 0 saturated heterocycles. The summed E-state index contributed by atoms with van der Waals surface area (Å²) in [6, 6.07) is 9.83. The van der Waals surface area contributed by atoms with E-state index >= 15 is 0 Å². The molecular formula is C17H18N2O3. The number of hydrogen-bond acceptors (Lipinski definition) is 4. The maximum atomic E-state index is 12.2. The number of nitrogens with zero attached hydrogens (tertiary/aromatic N) is 1. The zero-order valence-electron chi connectivity index (χ0n) is 12.3. The molecule has 5 heteroatoms. The van der Waals surface area contributed by atoms with Gasteiger partial charge in [-0.15, -0.1) is 0 Å². The van der Waals surface area contributed by atoms with Gasteiger partial charge in [-0.1, -0.05) is 35.9 Å². The van der Waals surface area contributed by atoms with E-state index in [4.69, 9.17) is 0 Å². The SMILES string of the molecule is Cc1ccc(C(=O)C[C@H](NCc2cccnc2)C(=O)O)cc1. The Morgan fingerprint density at radius 1 is 1.23 bits per heavy atom. The van der Waals surface area contributed by atoms with Crippen LogP contribution in [0.15, 0.2) is 48.8 Å². The van der Waals surface area contributed by atoms with Crippen LogP contribution < -0.4 is 5.32 Å². The first-order valence-electron chi connectivity index (χ1n) is 7.01. The van der Waals surface area contributed by atoms with Gasteiger partial charge in [0.15, 0.2) is 5.78 Å². The Morgan fingerprint density at radius 3 is 2.55 bits per heavy atom. The van der Waals surface area contributed by atoms with Crippen molar-refractivity contribution in [2.75, 3.05) is 0 Å². The van der Waals surface area contributed by atoms with Crippen LogP contribution in [0.2, 0.25) is 0 Å². The number of pyridine rings is 1. The third kappa shape index (κ3) is 4.49. The predicted molar refractivity (Wildman–Crippen MR) is 82.6 cm³/mol. The van der Waals surface area contributed by atoms with Crippen LogP contribution in [0.25, 0.3) is 0 Å². The van der Waals surface area contributed by atoms with Gasteiger partial charge in [0.05, 0.1) is 0 Å². The molecule has 114 valence electrons. The van der Waals surface area contributed by atoms with Crippen molar-refractivity contribution in [1.82, 2.24) is 10.3 Å². The summed E-state index contributed by atoms with van der Waals surface area (Å²) in [5.74, 6) is -1.23. The van der Waals surface area contributed by atoms with Crippen LogP contribution in [0.5, 0.6) is 0 Å². The van der Waals surface area contributed by atoms with Gasteiger partial charge >= 0.3 is 5.97 Å². The molecule has 1 aromatic heterocycles. The second-order valence-corrected chi connectivity index (χ2v) is 5.13. The first kappa shape index (κ1) is 15.9. The van der Waals surface area contributed by atoms with Crippen molar-refractivity contribution in [1.29, 1.82) is 0 Å². The smallest absolute Gasteiger partial charge is 0.321 e. The number of Topliss-reactive ketones (excluding diaryl/α,β-unsaturated/α-hetero) is 1. The molecule has 0 spiro atoms. The van der Waals surface area contributed by atoms with Gasteiger partial charge in [-0.2, -0.15) is 0 Å². The normalized spacial score (nSPS) is 11.9. The standard InChI is InChI=1S/C17H18N2O3/c1-12-4-6-14(7-5-12)16(20)9-15(17(21)22)19-11-13-3-2-8-18-10-13/h2-8,10,15,19H,9,11H2,1H3,(H,21,22)/t15-/m0/s1. The third-order valence-corrected chi connectivity index (χ3v) is 3.34. The van der Waals surface area contributed by atoms with Crippen LogP contribution in [-0.4, -0.2) is 27.9 Å². The van der Waals surface area contributed by atoms with Crippen molar-refractivity contribution in [3.63, 3.8) is 0 Å². The fourth-order valence-corrected chi connectivity index (χ4v) is 2.03. The lowest BCUT2D eigenvalue weighted by Crippen LogP contribution is -2.38. The van der Waals surface area contributed by atoms with E-state index in [1.807, 2.05) is 25.1 Å². The summed E-state index contributed by atoms with van der Waals surface area (Å²) < 4.78 is 0. The Kier molecular flexibility index (Phi) is 5.38. The quantitative estimate of drug-likeness (QED) is 0.766. The Morgan fingerprint density at radius 2 is 1.95 bits per heavy atom. The van der Waals surface area contributed by atoms with Gasteiger partial charge in [0.2, 0.25) is 0 Å². The molecule has 0 amide bonds. The maximum Gasteiger partial charge on any atom is 0.321 e. The topological polar surface area (TPSA) is 79.3 Å². The monoisotopic (exact) mass is 298 g/mol. The zero-order valence-corrected chi connectivity index (χ0v) is 12.3. The molecular weight excluding hydrogens is 280 g/mol. The summed E-state index contributed by atoms with van der Waals surface area (Å²) in [7, 11) is 0. The van der Waals surface area contributed by atoms with Crippen LogP contribution >= 0.6 is 0 Å². The minimum absolute atomic E-state index is 0.0847. The number of benzene rings is 1. The molecule has 0 aliphatic carbocycles. The number of carboxylic acid groups (broad SMARTS) is 1. The second-order valence-electron chi connectivity index (χ2n) is 5.13. The number of hydrogen-bond donors (Lipinski definition) is 2. The van der Waals surface area contributed by atoms with E-state index in [1.165, 1.54) is 0 Å². The Hall–Kier alpha value is -2.53. The molecule has 0 bridgehead atoms. The summed E-state index contributed by atoms with van der Waals surface area (Å²) in [6.07, 6.45) is 3.23. The minimum Gasteiger partial charge on any atom is -0.480 e. The fraction of sp³-hybridized carbons (Fsp3) is 0.235. The first-order valence-corrected chi connectivity index (χ1v) is 7.01. The number of aromatic nitrogens is 1. The third-order valence-electron chi connectivity index (χ3n) is 3.34. The van der Waals surface area contributed by atoms with Crippen molar-refractivity contribution in [2.45, 2.75) is 25.9 Å². The Balaban J connectivity index is 1.98. The van der Waals surface area contributed by atoms with E-state index in [2.05, 4.69) is 10.3 Å². The van der Waals surface area contributed by atoms with Gasteiger partial charge in [0.25, 0.3) is 0 Å². The number of carbonyl (C=O) groups excluding carboxylic acids is 1. The zero-order chi connectivity index (χ0) is 15.9. The highest BCUT2D eigenvalue weighted by molar-refractivity contribution is 5.98. The van der Waals surface area contributed by atoms with Crippen molar-refractivity contribution in [3.8, 4) is 0 Å². The molecule has 0 unspecified atom stereocenters. The van der Waals surface area contributed by atoms with Crippen LogP contribution in [0.1, 0.15) is 27.9 Å². The van der Waals surface area contributed by atoms with E-state index in [0.29, 0.717) is 12.1 Å². The van der Waals surface area contributed by atoms with E-state index in [1.54, 1.807) is 30.6 Å². The summed E-state index contributed by atoms with van der Waals surface area (Å²) in [6.45, 7) is 2.29. The molecule has 2 aromatic rings. The lowest BCUT2D eigenvalue weighted by molar-refractivity contribution is -0.139. The first-order chi connectivity index (χ1) is 10.6. The van der Waals surface area contributed by atoms with Gasteiger partial charge in [-0.3, -0.25) is 19.9 Å². The minimum atomic E-state index is -1.04. The number of carboxylic acids is 1. The summed E-state index contributed by atoms with van der Waals surface area (Å²) in [5.41, 5.74) is 2.46. The predicted octanol–water partition coefficient (Wildman–Crippen LogP) is 2.21. The van der Waals surface area contributed by atoms with E-state index in [9.17, 15) is 14.7 Å². The van der Waals surface area contributed by atoms with Gasteiger partial charge in [0, 0.05) is 30.9 Å². The molecule has 0 saturated carbocycles.